The van der Waals surface area contributed by atoms with Crippen molar-refractivity contribution in [2.24, 2.45) is 11.3 Å². The highest BCUT2D eigenvalue weighted by Crippen LogP contribution is 2.58. The van der Waals surface area contributed by atoms with Crippen molar-refractivity contribution in [3.63, 3.8) is 0 Å². The third-order valence-electron chi connectivity index (χ3n) is 7.61. The second-order valence-corrected chi connectivity index (χ2v) is 10.4. The summed E-state index contributed by atoms with van der Waals surface area (Å²) in [5, 5.41) is 26.4. The number of halogens is 3. The molecule has 3 aliphatic rings. The molecule has 1 aliphatic heterocycles. The van der Waals surface area contributed by atoms with E-state index in [1.54, 1.807) is 12.2 Å². The molecule has 0 aromatic heterocycles. The van der Waals surface area contributed by atoms with Crippen molar-refractivity contribution in [1.82, 2.24) is 16.0 Å². The maximum Gasteiger partial charge on any atom is 0.471 e. The van der Waals surface area contributed by atoms with E-state index in [0.717, 1.165) is 0 Å². The molecule has 0 spiro atoms. The van der Waals surface area contributed by atoms with Crippen LogP contribution in [0.4, 0.5) is 13.2 Å². The van der Waals surface area contributed by atoms with Crippen LogP contribution >= 0.6 is 0 Å². The van der Waals surface area contributed by atoms with E-state index < -0.39 is 58.6 Å². The van der Waals surface area contributed by atoms with Crippen LogP contribution in [0.2, 0.25) is 0 Å². The maximum absolute atomic E-state index is 12.7. The number of alkyl halides is 3. The number of carboxylic acid groups (broad SMARTS) is 1. The van der Waals surface area contributed by atoms with Gasteiger partial charge in [-0.15, -0.1) is 0 Å². The SMILES string of the molecule is CCOC(=O)[C@@]1(NC(=O)[C@@H]2C[C@@H](O)CN2)CC1(C)/C=C\CCCCC1CC1(NC(=O)C(F)(F)F)C(=O)O. The van der Waals surface area contributed by atoms with E-state index in [0.29, 0.717) is 38.6 Å². The fourth-order valence-corrected chi connectivity index (χ4v) is 5.14. The third-order valence-corrected chi connectivity index (χ3v) is 7.61. The second-order valence-electron chi connectivity index (χ2n) is 10.4. The summed E-state index contributed by atoms with van der Waals surface area (Å²) >= 11 is 0. The molecule has 0 radical (unpaired) electrons. The Morgan fingerprint density at radius 2 is 1.89 bits per heavy atom. The van der Waals surface area contributed by atoms with Gasteiger partial charge in [0, 0.05) is 12.0 Å². The summed E-state index contributed by atoms with van der Waals surface area (Å²) in [6.07, 6.45) is 0.540. The number of carbonyl (C=O) groups is 4. The van der Waals surface area contributed by atoms with Gasteiger partial charge >= 0.3 is 24.0 Å². The Balaban J connectivity index is 1.49. The molecule has 2 amide bonds. The minimum Gasteiger partial charge on any atom is -0.479 e. The Labute approximate surface area is 212 Å². The van der Waals surface area contributed by atoms with E-state index >= 15 is 0 Å². The number of aliphatic hydroxyl groups is 1. The number of unbranched alkanes of at least 4 members (excludes halogenated alkanes) is 2. The normalized spacial score (nSPS) is 34.7. The largest absolute Gasteiger partial charge is 0.479 e. The molecule has 2 aliphatic carbocycles. The Morgan fingerprint density at radius 1 is 1.19 bits per heavy atom. The molecule has 5 N–H and O–H groups in total. The lowest BCUT2D eigenvalue weighted by Gasteiger charge is -2.23. The van der Waals surface area contributed by atoms with Crippen LogP contribution in [-0.2, 0) is 23.9 Å². The average Bonchev–Trinajstić information content (AvgIpc) is 3.58. The number of aliphatic carboxylic acids is 1. The van der Waals surface area contributed by atoms with Crippen LogP contribution in [0.15, 0.2) is 12.2 Å². The van der Waals surface area contributed by atoms with Crippen LogP contribution in [0.5, 0.6) is 0 Å². The second kappa shape index (κ2) is 10.6. The Morgan fingerprint density at radius 3 is 2.46 bits per heavy atom. The summed E-state index contributed by atoms with van der Waals surface area (Å²) in [5.74, 6) is -5.22. The highest BCUT2D eigenvalue weighted by Gasteiger charge is 2.70. The molecule has 2 saturated carbocycles. The van der Waals surface area contributed by atoms with Crippen LogP contribution in [0.3, 0.4) is 0 Å². The number of rotatable bonds is 12. The van der Waals surface area contributed by atoms with E-state index in [4.69, 9.17) is 4.74 Å². The monoisotopic (exact) mass is 533 g/mol. The Hall–Kier alpha value is -2.67. The molecule has 0 bridgehead atoms. The number of amides is 2. The molecule has 3 unspecified atom stereocenters. The molecule has 0 aromatic rings. The molecule has 10 nitrogen and oxygen atoms in total. The van der Waals surface area contributed by atoms with Gasteiger partial charge in [0.1, 0.15) is 11.1 Å². The molecule has 0 aromatic carbocycles. The van der Waals surface area contributed by atoms with E-state index in [1.807, 2.05) is 19.1 Å². The molecule has 208 valence electrons. The van der Waals surface area contributed by atoms with Crippen molar-refractivity contribution in [2.75, 3.05) is 13.2 Å². The number of carboxylic acids is 1. The first-order valence-electron chi connectivity index (χ1n) is 12.4. The van der Waals surface area contributed by atoms with Gasteiger partial charge in [0.25, 0.3) is 0 Å². The molecule has 13 heteroatoms. The number of aliphatic hydroxyl groups excluding tert-OH is 1. The fourth-order valence-electron chi connectivity index (χ4n) is 5.14. The van der Waals surface area contributed by atoms with E-state index in [1.165, 1.54) is 0 Å². The molecular weight excluding hydrogens is 499 g/mol. The summed E-state index contributed by atoms with van der Waals surface area (Å²) in [5.41, 5.74) is -3.76. The number of nitrogens with one attached hydrogen (secondary N) is 3. The lowest BCUT2D eigenvalue weighted by molar-refractivity contribution is -0.176. The van der Waals surface area contributed by atoms with Gasteiger partial charge in [0.15, 0.2) is 0 Å². The van der Waals surface area contributed by atoms with E-state index in [2.05, 4.69) is 10.6 Å². The molecule has 37 heavy (non-hydrogen) atoms. The number of allylic oxidation sites excluding steroid dienone is 1. The maximum atomic E-state index is 12.7. The molecule has 6 atom stereocenters. The summed E-state index contributed by atoms with van der Waals surface area (Å²) in [6.45, 7) is 3.95. The van der Waals surface area contributed by atoms with Gasteiger partial charge < -0.3 is 30.9 Å². The number of hydrogen-bond donors (Lipinski definition) is 5. The molecule has 3 fully saturated rings. The number of ether oxygens (including phenoxy) is 1. The van der Waals surface area contributed by atoms with Crippen molar-refractivity contribution in [1.29, 1.82) is 0 Å². The topological polar surface area (TPSA) is 154 Å². The molecule has 3 rings (SSSR count). The van der Waals surface area contributed by atoms with Crippen LogP contribution < -0.4 is 16.0 Å². The first kappa shape index (κ1) is 28.9. The quantitative estimate of drug-likeness (QED) is 0.142. The molecule has 1 heterocycles. The van der Waals surface area contributed by atoms with Gasteiger partial charge in [-0.3, -0.25) is 9.59 Å². The lowest BCUT2D eigenvalue weighted by atomic mass is 9.99. The minimum absolute atomic E-state index is 0.0489. The predicted molar refractivity (Wildman–Crippen MR) is 123 cm³/mol. The predicted octanol–water partition coefficient (Wildman–Crippen LogP) is 1.18. The van der Waals surface area contributed by atoms with Gasteiger partial charge in [-0.2, -0.15) is 13.2 Å². The van der Waals surface area contributed by atoms with Crippen molar-refractivity contribution in [2.45, 2.75) is 88.2 Å². The average molecular weight is 534 g/mol. The lowest BCUT2D eigenvalue weighted by Crippen LogP contribution is -2.52. The summed E-state index contributed by atoms with van der Waals surface area (Å²) in [7, 11) is 0. The highest BCUT2D eigenvalue weighted by molar-refractivity contribution is 5.95. The Bertz CT molecular complexity index is 958. The van der Waals surface area contributed by atoms with Crippen LogP contribution in [0.1, 0.15) is 58.8 Å². The number of β-amino-alcohol motifs (C(OH)–C–C–N with tert-alkyl or cyclic N) is 1. The zero-order valence-corrected chi connectivity index (χ0v) is 20.8. The number of carbonyl (C=O) groups excluding carboxylic acids is 3. The molecular formula is C24H34F3N3O7. The van der Waals surface area contributed by atoms with Gasteiger partial charge in [-0.25, -0.2) is 9.59 Å². The van der Waals surface area contributed by atoms with Crippen LogP contribution in [-0.4, -0.2) is 76.5 Å². The number of esters is 1. The Kier molecular flexibility index (Phi) is 8.28. The first-order chi connectivity index (χ1) is 17.2. The van der Waals surface area contributed by atoms with Crippen molar-refractivity contribution >= 4 is 23.8 Å². The number of hydrogen-bond acceptors (Lipinski definition) is 7. The zero-order valence-electron chi connectivity index (χ0n) is 20.8. The third kappa shape index (κ3) is 6.08. The minimum atomic E-state index is -5.15. The van der Waals surface area contributed by atoms with Crippen molar-refractivity contribution in [3.8, 4) is 0 Å². The fraction of sp³-hybridized carbons (Fsp3) is 0.750. The van der Waals surface area contributed by atoms with E-state index in [-0.39, 0.29) is 25.4 Å². The summed E-state index contributed by atoms with van der Waals surface area (Å²) in [6, 6.07) is -0.601. The first-order valence-corrected chi connectivity index (χ1v) is 12.4. The molecule has 1 saturated heterocycles. The summed E-state index contributed by atoms with van der Waals surface area (Å²) in [4.78, 5) is 48.1. The van der Waals surface area contributed by atoms with Crippen molar-refractivity contribution < 1.29 is 47.3 Å². The summed E-state index contributed by atoms with van der Waals surface area (Å²) < 4.78 is 42.8. The smallest absolute Gasteiger partial charge is 0.471 e. The van der Waals surface area contributed by atoms with E-state index in [9.17, 15) is 42.6 Å². The van der Waals surface area contributed by atoms with Crippen LogP contribution in [0.25, 0.3) is 0 Å². The van der Waals surface area contributed by atoms with Crippen molar-refractivity contribution in [3.05, 3.63) is 12.2 Å². The highest BCUT2D eigenvalue weighted by atomic mass is 19.4. The van der Waals surface area contributed by atoms with Crippen LogP contribution in [0, 0.1) is 11.3 Å². The van der Waals surface area contributed by atoms with Gasteiger partial charge in [0.2, 0.25) is 5.91 Å². The van der Waals surface area contributed by atoms with Gasteiger partial charge in [-0.1, -0.05) is 25.5 Å². The standard InChI is InChI=1S/C24H34F3N3O7/c1-3-37-20(36)23(29-17(32)16-10-15(31)12-28-16)13-21(23,2)9-7-5-4-6-8-14-11-22(14,19(34)35)30-18(33)24(25,26)27/h7,9,14-16,28,31H,3-6,8,10-13H2,1-2H3,(H,29,32)(H,30,33)(H,34,35)/b9-7-/t14?,15-,16+,21?,22?,23+/m1/s1. The van der Waals surface area contributed by atoms with Gasteiger partial charge in [0.05, 0.1) is 18.8 Å². The zero-order chi connectivity index (χ0) is 27.6. The van der Waals surface area contributed by atoms with Gasteiger partial charge in [-0.05, 0) is 51.4 Å².